The molecule has 1 atom stereocenters. The van der Waals surface area contributed by atoms with Crippen LogP contribution in [0.1, 0.15) is 6.92 Å². The zero-order chi connectivity index (χ0) is 22.7. The Morgan fingerprint density at radius 3 is 2.50 bits per heavy atom. The lowest BCUT2D eigenvalue weighted by atomic mass is 10.2. The zero-order valence-corrected chi connectivity index (χ0v) is 17.4. The van der Waals surface area contributed by atoms with Gasteiger partial charge in [-0.25, -0.2) is 18.7 Å². The van der Waals surface area contributed by atoms with E-state index in [1.807, 2.05) is 0 Å². The molecule has 0 spiro atoms. The summed E-state index contributed by atoms with van der Waals surface area (Å²) in [6.45, 7) is 1.51. The minimum absolute atomic E-state index is 0.130. The molecule has 0 bridgehead atoms. The number of carbonyl (C=O) groups is 1. The van der Waals surface area contributed by atoms with Crippen LogP contribution >= 0.6 is 11.6 Å². The van der Waals surface area contributed by atoms with Crippen molar-refractivity contribution < 1.29 is 23.0 Å². The average Bonchev–Trinajstić information content (AvgIpc) is 2.77. The van der Waals surface area contributed by atoms with Crippen molar-refractivity contribution in [3.63, 3.8) is 0 Å². The molecule has 4 rings (SSSR count). The first-order valence-corrected chi connectivity index (χ1v) is 9.88. The van der Waals surface area contributed by atoms with Gasteiger partial charge in [0.1, 0.15) is 23.1 Å². The van der Waals surface area contributed by atoms with Gasteiger partial charge in [-0.3, -0.25) is 4.79 Å². The van der Waals surface area contributed by atoms with Crippen molar-refractivity contribution in [2.45, 2.75) is 13.0 Å². The molecule has 0 aliphatic carbocycles. The van der Waals surface area contributed by atoms with E-state index < -0.39 is 23.6 Å². The van der Waals surface area contributed by atoms with Gasteiger partial charge in [-0.2, -0.15) is 0 Å². The maximum absolute atomic E-state index is 13.7. The highest BCUT2D eigenvalue weighted by molar-refractivity contribution is 6.31. The second kappa shape index (κ2) is 9.15. The van der Waals surface area contributed by atoms with Gasteiger partial charge in [0.15, 0.2) is 6.10 Å². The molecule has 6 nitrogen and oxygen atoms in total. The Morgan fingerprint density at radius 1 is 1.00 bits per heavy atom. The highest BCUT2D eigenvalue weighted by atomic mass is 35.5. The second-order valence-corrected chi connectivity index (χ2v) is 7.22. The molecule has 1 heterocycles. The molecule has 4 aromatic rings. The van der Waals surface area contributed by atoms with Crippen molar-refractivity contribution in [2.24, 2.45) is 0 Å². The average molecular weight is 456 g/mol. The predicted molar refractivity (Wildman–Crippen MR) is 116 cm³/mol. The number of amides is 1. The molecule has 1 amide bonds. The number of hydrogen-bond acceptors (Lipinski definition) is 5. The molecule has 3 aromatic carbocycles. The van der Waals surface area contributed by atoms with Gasteiger partial charge in [0.05, 0.1) is 22.9 Å². The Bertz CT molecular complexity index is 1290. The minimum atomic E-state index is -0.926. The van der Waals surface area contributed by atoms with Crippen LogP contribution in [0.25, 0.3) is 11.0 Å². The van der Waals surface area contributed by atoms with Crippen LogP contribution in [0.15, 0.2) is 66.9 Å². The monoisotopic (exact) mass is 455 g/mol. The van der Waals surface area contributed by atoms with Gasteiger partial charge in [-0.15, -0.1) is 0 Å². The Kier molecular flexibility index (Phi) is 6.13. The standard InChI is InChI=1S/C23H16ClF2N3O3/c1-13(23(30)29-19-9-3-15(25)11-18(19)26)31-16-4-6-17(7-5-16)32-22-12-27-21-10-14(24)2-8-20(21)28-22/h2-13H,1H3,(H,29,30). The van der Waals surface area contributed by atoms with E-state index in [9.17, 15) is 13.6 Å². The van der Waals surface area contributed by atoms with Crippen molar-refractivity contribution >= 4 is 34.2 Å². The van der Waals surface area contributed by atoms with Gasteiger partial charge in [0, 0.05) is 11.1 Å². The Balaban J connectivity index is 1.37. The van der Waals surface area contributed by atoms with Crippen molar-refractivity contribution in [3.8, 4) is 17.4 Å². The third-order valence-corrected chi connectivity index (χ3v) is 4.63. The zero-order valence-electron chi connectivity index (χ0n) is 16.7. The van der Waals surface area contributed by atoms with E-state index >= 15 is 0 Å². The van der Waals surface area contributed by atoms with Crippen LogP contribution in [-0.2, 0) is 4.79 Å². The summed E-state index contributed by atoms with van der Waals surface area (Å²) in [5.74, 6) is -0.979. The van der Waals surface area contributed by atoms with Gasteiger partial charge >= 0.3 is 0 Å². The van der Waals surface area contributed by atoms with E-state index in [1.54, 1.807) is 42.5 Å². The van der Waals surface area contributed by atoms with E-state index in [2.05, 4.69) is 15.3 Å². The summed E-state index contributed by atoms with van der Waals surface area (Å²) in [6, 6.07) is 14.6. The number of anilines is 1. The molecule has 1 aromatic heterocycles. The second-order valence-electron chi connectivity index (χ2n) is 6.79. The molecule has 1 N–H and O–H groups in total. The van der Waals surface area contributed by atoms with Crippen LogP contribution < -0.4 is 14.8 Å². The van der Waals surface area contributed by atoms with Gasteiger partial charge in [-0.05, 0) is 61.5 Å². The molecule has 0 aliphatic heterocycles. The van der Waals surface area contributed by atoms with Gasteiger partial charge in [0.2, 0.25) is 5.88 Å². The molecule has 0 aliphatic rings. The number of nitrogens with one attached hydrogen (secondary N) is 1. The Morgan fingerprint density at radius 2 is 1.75 bits per heavy atom. The summed E-state index contributed by atoms with van der Waals surface area (Å²) in [5, 5.41) is 2.94. The topological polar surface area (TPSA) is 73.3 Å². The highest BCUT2D eigenvalue weighted by Crippen LogP contribution is 2.25. The van der Waals surface area contributed by atoms with Crippen LogP contribution in [0.4, 0.5) is 14.5 Å². The normalized spacial score (nSPS) is 11.8. The molecule has 0 saturated heterocycles. The summed E-state index contributed by atoms with van der Waals surface area (Å²) < 4.78 is 38.0. The maximum atomic E-state index is 13.7. The van der Waals surface area contributed by atoms with Crippen LogP contribution in [0.2, 0.25) is 5.02 Å². The number of aromatic nitrogens is 2. The molecule has 32 heavy (non-hydrogen) atoms. The van der Waals surface area contributed by atoms with E-state index in [4.69, 9.17) is 21.1 Å². The fraction of sp³-hybridized carbons (Fsp3) is 0.0870. The number of ether oxygens (including phenoxy) is 2. The van der Waals surface area contributed by atoms with E-state index in [-0.39, 0.29) is 5.69 Å². The lowest BCUT2D eigenvalue weighted by Gasteiger charge is -2.15. The number of halogens is 3. The first-order chi connectivity index (χ1) is 15.4. The van der Waals surface area contributed by atoms with Gasteiger partial charge in [0.25, 0.3) is 5.91 Å². The van der Waals surface area contributed by atoms with Crippen LogP contribution in [-0.4, -0.2) is 22.0 Å². The smallest absolute Gasteiger partial charge is 0.265 e. The molecule has 9 heteroatoms. The summed E-state index contributed by atoms with van der Waals surface area (Å²) >= 11 is 5.95. The molecule has 1 unspecified atom stereocenters. The highest BCUT2D eigenvalue weighted by Gasteiger charge is 2.17. The molecule has 0 saturated carbocycles. The Labute approximate surface area is 186 Å². The maximum Gasteiger partial charge on any atom is 0.265 e. The lowest BCUT2D eigenvalue weighted by Crippen LogP contribution is -2.30. The number of hydrogen-bond donors (Lipinski definition) is 1. The van der Waals surface area contributed by atoms with Crippen LogP contribution in [0, 0.1) is 11.6 Å². The SMILES string of the molecule is CC(Oc1ccc(Oc2cnc3cc(Cl)ccc3n2)cc1)C(=O)Nc1ccc(F)cc1F. The lowest BCUT2D eigenvalue weighted by molar-refractivity contribution is -0.122. The predicted octanol–water partition coefficient (Wildman–Crippen LogP) is 5.76. The first kappa shape index (κ1) is 21.5. The first-order valence-electron chi connectivity index (χ1n) is 9.50. The van der Waals surface area contributed by atoms with Gasteiger partial charge in [-0.1, -0.05) is 11.6 Å². The Hall–Kier alpha value is -3.78. The minimum Gasteiger partial charge on any atom is -0.481 e. The van der Waals surface area contributed by atoms with Crippen LogP contribution in [0.3, 0.4) is 0 Å². The molecular formula is C23H16ClF2N3O3. The third-order valence-electron chi connectivity index (χ3n) is 4.40. The van der Waals surface area contributed by atoms with Crippen molar-refractivity contribution in [1.82, 2.24) is 9.97 Å². The molecule has 0 fully saturated rings. The number of rotatable bonds is 6. The number of carbonyl (C=O) groups excluding carboxylic acids is 1. The van der Waals surface area contributed by atoms with E-state index in [0.717, 1.165) is 12.1 Å². The molecule has 162 valence electrons. The number of nitrogens with zero attached hydrogens (tertiary/aromatic N) is 2. The summed E-state index contributed by atoms with van der Waals surface area (Å²) in [6.07, 6.45) is 0.564. The fourth-order valence-electron chi connectivity index (χ4n) is 2.81. The summed E-state index contributed by atoms with van der Waals surface area (Å²) in [5.41, 5.74) is 1.17. The van der Waals surface area contributed by atoms with Crippen LogP contribution in [0.5, 0.6) is 17.4 Å². The van der Waals surface area contributed by atoms with E-state index in [1.165, 1.54) is 13.1 Å². The number of benzene rings is 3. The molecule has 0 radical (unpaired) electrons. The largest absolute Gasteiger partial charge is 0.481 e. The number of fused-ring (bicyclic) bond motifs is 1. The molecular weight excluding hydrogens is 440 g/mol. The van der Waals surface area contributed by atoms with Gasteiger partial charge < -0.3 is 14.8 Å². The van der Waals surface area contributed by atoms with E-state index in [0.29, 0.717) is 39.5 Å². The quantitative estimate of drug-likeness (QED) is 0.400. The summed E-state index contributed by atoms with van der Waals surface area (Å²) in [7, 11) is 0. The third kappa shape index (κ3) is 5.09. The van der Waals surface area contributed by atoms with Crippen molar-refractivity contribution in [2.75, 3.05) is 5.32 Å². The van der Waals surface area contributed by atoms with Crippen molar-refractivity contribution in [1.29, 1.82) is 0 Å². The fourth-order valence-corrected chi connectivity index (χ4v) is 2.97. The summed E-state index contributed by atoms with van der Waals surface area (Å²) in [4.78, 5) is 20.9. The van der Waals surface area contributed by atoms with Crippen molar-refractivity contribution in [3.05, 3.63) is 83.5 Å².